The predicted octanol–water partition coefficient (Wildman–Crippen LogP) is 2.08. The molecule has 0 heterocycles. The van der Waals surface area contributed by atoms with E-state index in [2.05, 4.69) is 22.6 Å². The average molecular weight is 362 g/mol. The zero-order valence-corrected chi connectivity index (χ0v) is 13.8. The van der Waals surface area contributed by atoms with E-state index < -0.39 is 23.9 Å². The van der Waals surface area contributed by atoms with Gasteiger partial charge in [0.2, 0.25) is 0 Å². The van der Waals surface area contributed by atoms with Crippen molar-refractivity contribution in [2.75, 3.05) is 13.2 Å². The van der Waals surface area contributed by atoms with Crippen LogP contribution < -0.4 is 0 Å². The smallest absolute Gasteiger partial charge is 0.336 e. The van der Waals surface area contributed by atoms with Gasteiger partial charge in [-0.15, -0.1) is 0 Å². The highest BCUT2D eigenvalue weighted by atomic mass is 16.5. The summed E-state index contributed by atoms with van der Waals surface area (Å²) in [5, 5.41) is 17.1. The lowest BCUT2D eigenvalue weighted by atomic mass is 10.1. The number of hydrogen-bond acceptors (Lipinski definition) is 6. The molecule has 0 amide bonds. The molecule has 0 spiro atoms. The number of esters is 2. The molecule has 8 heteroatoms. The van der Waals surface area contributed by atoms with Crippen LogP contribution in [-0.4, -0.2) is 47.3 Å². The molecule has 138 valence electrons. The van der Waals surface area contributed by atoms with E-state index in [1.165, 1.54) is 36.4 Å². The van der Waals surface area contributed by atoms with Crippen LogP contribution in [0.25, 0.3) is 0 Å². The van der Waals surface area contributed by atoms with Crippen molar-refractivity contribution in [2.45, 2.75) is 0 Å². The molecule has 26 heavy (non-hydrogen) atoms. The normalized spacial score (nSPS) is 9.38. The second-order valence-corrected chi connectivity index (χ2v) is 4.33. The summed E-state index contributed by atoms with van der Waals surface area (Å²) in [5.74, 6) is -3.68. The van der Waals surface area contributed by atoms with Crippen molar-refractivity contribution < 1.29 is 38.9 Å². The van der Waals surface area contributed by atoms with Crippen molar-refractivity contribution in [3.63, 3.8) is 0 Å². The molecule has 2 N–H and O–H groups in total. The summed E-state index contributed by atoms with van der Waals surface area (Å²) in [6.45, 7) is 6.96. The van der Waals surface area contributed by atoms with E-state index in [9.17, 15) is 19.2 Å². The number of hydrogen-bond donors (Lipinski definition) is 2. The van der Waals surface area contributed by atoms with Crippen molar-refractivity contribution in [1.82, 2.24) is 0 Å². The van der Waals surface area contributed by atoms with Crippen LogP contribution in [0.4, 0.5) is 0 Å². The predicted molar refractivity (Wildman–Crippen MR) is 91.8 cm³/mol. The van der Waals surface area contributed by atoms with Gasteiger partial charge in [-0.2, -0.15) is 0 Å². The molecule has 0 aliphatic carbocycles. The van der Waals surface area contributed by atoms with Crippen LogP contribution in [0.1, 0.15) is 20.7 Å². The SMILES string of the molecule is C=CCOC(=O)/C=C\C(=O)OCC=C.O=C(O)c1ccccc1C(=O)O. The van der Waals surface area contributed by atoms with Crippen molar-refractivity contribution in [2.24, 2.45) is 0 Å². The van der Waals surface area contributed by atoms with Gasteiger partial charge in [-0.3, -0.25) is 0 Å². The maximum atomic E-state index is 10.8. The number of aromatic carboxylic acids is 2. The largest absolute Gasteiger partial charge is 0.478 e. The lowest BCUT2D eigenvalue weighted by Crippen LogP contribution is -2.06. The van der Waals surface area contributed by atoms with Crippen molar-refractivity contribution >= 4 is 23.9 Å². The summed E-state index contributed by atoms with van der Waals surface area (Å²) in [7, 11) is 0. The molecule has 8 nitrogen and oxygen atoms in total. The van der Waals surface area contributed by atoms with Gasteiger partial charge in [0, 0.05) is 12.2 Å². The zero-order valence-electron chi connectivity index (χ0n) is 13.8. The molecule has 0 saturated heterocycles. The molecular weight excluding hydrogens is 344 g/mol. The number of ether oxygens (including phenoxy) is 2. The fourth-order valence-corrected chi connectivity index (χ4v) is 1.37. The molecule has 0 fully saturated rings. The number of carbonyl (C=O) groups is 4. The van der Waals surface area contributed by atoms with Crippen molar-refractivity contribution in [3.05, 3.63) is 72.9 Å². The van der Waals surface area contributed by atoms with Crippen LogP contribution in [0, 0.1) is 0 Å². The van der Waals surface area contributed by atoms with E-state index in [1.807, 2.05) is 0 Å². The number of carbonyl (C=O) groups excluding carboxylic acids is 2. The molecule has 0 atom stereocenters. The minimum absolute atomic E-state index is 0.116. The maximum absolute atomic E-state index is 10.8. The van der Waals surface area contributed by atoms with E-state index in [4.69, 9.17) is 10.2 Å². The molecule has 1 aromatic carbocycles. The highest BCUT2D eigenvalue weighted by Crippen LogP contribution is 2.07. The topological polar surface area (TPSA) is 127 Å². The summed E-state index contributed by atoms with van der Waals surface area (Å²) in [6.07, 6.45) is 4.85. The highest BCUT2D eigenvalue weighted by Gasteiger charge is 2.13. The standard InChI is InChI=1S/C10H12O4.C8H6O4/c1-3-7-13-9(11)5-6-10(12)14-8-4-2;9-7(10)5-3-1-2-4-6(5)8(11)12/h3-6H,1-2,7-8H2;1-4H,(H,9,10)(H,11,12)/b6-5-;. The minimum atomic E-state index is -1.23. The molecule has 0 aromatic heterocycles. The first-order valence-corrected chi connectivity index (χ1v) is 7.12. The van der Waals surface area contributed by atoms with E-state index >= 15 is 0 Å². The second kappa shape index (κ2) is 12.7. The van der Waals surface area contributed by atoms with Gasteiger partial charge >= 0.3 is 23.9 Å². The summed E-state index contributed by atoms with van der Waals surface area (Å²) < 4.78 is 9.15. The Balaban J connectivity index is 0.000000485. The van der Waals surface area contributed by atoms with Crippen LogP contribution >= 0.6 is 0 Å². The first kappa shape index (κ1) is 22.3. The van der Waals surface area contributed by atoms with Crippen molar-refractivity contribution in [1.29, 1.82) is 0 Å². The lowest BCUT2D eigenvalue weighted by molar-refractivity contribution is -0.139. The zero-order chi connectivity index (χ0) is 19.9. The molecule has 0 unspecified atom stereocenters. The molecule has 0 aliphatic rings. The van der Waals surface area contributed by atoms with Crippen LogP contribution in [0.3, 0.4) is 0 Å². The summed E-state index contributed by atoms with van der Waals surface area (Å²) in [6, 6.07) is 5.48. The van der Waals surface area contributed by atoms with Gasteiger partial charge < -0.3 is 19.7 Å². The van der Waals surface area contributed by atoms with Gasteiger partial charge in [-0.1, -0.05) is 37.4 Å². The summed E-state index contributed by atoms with van der Waals surface area (Å²) >= 11 is 0. The monoisotopic (exact) mass is 362 g/mol. The first-order chi connectivity index (χ1) is 12.3. The van der Waals surface area contributed by atoms with Gasteiger partial charge in [0.1, 0.15) is 13.2 Å². The molecular formula is C18H18O8. The Morgan fingerprint density at radius 3 is 1.42 bits per heavy atom. The summed E-state index contributed by atoms with van der Waals surface area (Å²) in [4.78, 5) is 42.5. The Hall–Kier alpha value is -3.68. The third-order valence-corrected chi connectivity index (χ3v) is 2.43. The quantitative estimate of drug-likeness (QED) is 0.409. The van der Waals surface area contributed by atoms with E-state index in [1.54, 1.807) is 0 Å². The van der Waals surface area contributed by atoms with Gasteiger partial charge in [-0.25, -0.2) is 19.2 Å². The average Bonchev–Trinajstić information content (AvgIpc) is 2.63. The van der Waals surface area contributed by atoms with Gasteiger partial charge in [0.05, 0.1) is 11.1 Å². The van der Waals surface area contributed by atoms with E-state index in [-0.39, 0.29) is 24.3 Å². The van der Waals surface area contributed by atoms with Crippen LogP contribution in [0.5, 0.6) is 0 Å². The third kappa shape index (κ3) is 9.46. The Bertz CT molecular complexity index is 644. The van der Waals surface area contributed by atoms with Gasteiger partial charge in [-0.05, 0) is 12.1 Å². The van der Waals surface area contributed by atoms with Crippen LogP contribution in [0.15, 0.2) is 61.7 Å². The molecule has 1 rings (SSSR count). The summed E-state index contributed by atoms with van der Waals surface area (Å²) in [5.41, 5.74) is -0.380. The van der Waals surface area contributed by atoms with Gasteiger partial charge in [0.25, 0.3) is 0 Å². The van der Waals surface area contributed by atoms with E-state index in [0.29, 0.717) is 0 Å². The highest BCUT2D eigenvalue weighted by molar-refractivity contribution is 6.01. The van der Waals surface area contributed by atoms with Crippen molar-refractivity contribution in [3.8, 4) is 0 Å². The number of carboxylic acids is 2. The Morgan fingerprint density at radius 2 is 1.15 bits per heavy atom. The van der Waals surface area contributed by atoms with Gasteiger partial charge in [0.15, 0.2) is 0 Å². The molecule has 0 bridgehead atoms. The third-order valence-electron chi connectivity index (χ3n) is 2.43. The molecule has 0 aliphatic heterocycles. The number of carboxylic acid groups (broad SMARTS) is 2. The maximum Gasteiger partial charge on any atom is 0.336 e. The Labute approximate surface area is 149 Å². The fourth-order valence-electron chi connectivity index (χ4n) is 1.37. The number of rotatable bonds is 8. The lowest BCUT2D eigenvalue weighted by Gasteiger charge is -1.98. The minimum Gasteiger partial charge on any atom is -0.478 e. The Morgan fingerprint density at radius 1 is 0.808 bits per heavy atom. The molecule has 1 aromatic rings. The first-order valence-electron chi connectivity index (χ1n) is 7.12. The molecule has 0 radical (unpaired) electrons. The Kier molecular flexibility index (Phi) is 10.9. The number of benzene rings is 1. The van der Waals surface area contributed by atoms with Crippen LogP contribution in [0.2, 0.25) is 0 Å². The molecule has 0 saturated carbocycles. The second-order valence-electron chi connectivity index (χ2n) is 4.33. The fraction of sp³-hybridized carbons (Fsp3) is 0.111. The van der Waals surface area contributed by atoms with E-state index in [0.717, 1.165) is 12.2 Å². The van der Waals surface area contributed by atoms with Crippen LogP contribution in [-0.2, 0) is 19.1 Å².